The van der Waals surface area contributed by atoms with E-state index in [9.17, 15) is 4.79 Å². The van der Waals surface area contributed by atoms with Crippen molar-refractivity contribution in [3.05, 3.63) is 73.1 Å². The maximum Gasteiger partial charge on any atom is 0.265 e. The topological polar surface area (TPSA) is 28.5 Å². The average molecular weight is 360 g/mol. The summed E-state index contributed by atoms with van der Waals surface area (Å²) in [5.74, 6) is -0.0334. The van der Waals surface area contributed by atoms with Crippen LogP contribution in [0.15, 0.2) is 67.5 Å². The van der Waals surface area contributed by atoms with E-state index in [0.717, 1.165) is 38.9 Å². The molecule has 1 amide bonds. The van der Waals surface area contributed by atoms with Crippen molar-refractivity contribution in [1.29, 1.82) is 0 Å². The smallest absolute Gasteiger partial charge is 0.265 e. The number of piperidine rings is 1. The van der Waals surface area contributed by atoms with Crippen molar-refractivity contribution in [2.75, 3.05) is 24.6 Å². The number of carbonyl (C=O) groups is 1. The zero-order valence-electron chi connectivity index (χ0n) is 14.5. The van der Waals surface area contributed by atoms with Gasteiger partial charge in [0.25, 0.3) is 5.91 Å². The lowest BCUT2D eigenvalue weighted by Gasteiger charge is -2.38. The molecule has 0 unspecified atom stereocenters. The number of rotatable bonds is 6. The number of benzene rings is 1. The van der Waals surface area contributed by atoms with Gasteiger partial charge in [0.05, 0.1) is 6.04 Å². The van der Waals surface area contributed by atoms with E-state index in [0.29, 0.717) is 0 Å². The van der Waals surface area contributed by atoms with E-state index in [2.05, 4.69) is 41.8 Å². The molecule has 0 aliphatic carbocycles. The average Bonchev–Trinajstić information content (AvgIpc) is 3.16. The molecule has 3 rings (SSSR count). The summed E-state index contributed by atoms with van der Waals surface area (Å²) in [5, 5.41) is 1.83. The third-order valence-corrected chi connectivity index (χ3v) is 4.70. The Morgan fingerprint density at radius 1 is 1.12 bits per heavy atom. The van der Waals surface area contributed by atoms with Crippen molar-refractivity contribution >= 4 is 18.3 Å². The maximum atomic E-state index is 12.3. The maximum absolute atomic E-state index is 12.3. The lowest BCUT2D eigenvalue weighted by molar-refractivity contribution is -0.116. The Bertz CT molecular complexity index is 649. The summed E-state index contributed by atoms with van der Waals surface area (Å²) in [7, 11) is 0. The second-order valence-corrected chi connectivity index (χ2v) is 6.26. The van der Waals surface area contributed by atoms with Gasteiger partial charge in [0, 0.05) is 32.0 Å². The highest BCUT2D eigenvalue weighted by Crippen LogP contribution is 2.17. The largest absolute Gasteiger partial charge is 0.303 e. The first kappa shape index (κ1) is 19.3. The summed E-state index contributed by atoms with van der Waals surface area (Å²) >= 11 is 0. The van der Waals surface area contributed by atoms with E-state index in [1.54, 1.807) is 0 Å². The monoisotopic (exact) mass is 359 g/mol. The Kier molecular flexibility index (Phi) is 7.29. The second kappa shape index (κ2) is 9.44. The predicted octanol–water partition coefficient (Wildman–Crippen LogP) is 3.27. The molecule has 0 saturated carbocycles. The number of amides is 1. The van der Waals surface area contributed by atoms with E-state index in [1.165, 1.54) is 11.6 Å². The Morgan fingerprint density at radius 3 is 2.36 bits per heavy atom. The van der Waals surface area contributed by atoms with Gasteiger partial charge >= 0.3 is 0 Å². The SMILES string of the molecule is C=CC(=O)N(C1CCN(CCc2ccccc2)CC1)n1cccc1.Cl. The molecule has 0 bridgehead atoms. The van der Waals surface area contributed by atoms with Crippen molar-refractivity contribution in [2.24, 2.45) is 0 Å². The van der Waals surface area contributed by atoms with Gasteiger partial charge in [0.2, 0.25) is 0 Å². The molecule has 1 aliphatic rings. The highest BCUT2D eigenvalue weighted by molar-refractivity contribution is 5.95. The van der Waals surface area contributed by atoms with Crippen LogP contribution in [0.2, 0.25) is 0 Å². The molecule has 25 heavy (non-hydrogen) atoms. The molecule has 1 saturated heterocycles. The molecule has 4 nitrogen and oxygen atoms in total. The fraction of sp³-hybridized carbons (Fsp3) is 0.350. The molecule has 0 atom stereocenters. The molecule has 1 aromatic heterocycles. The zero-order chi connectivity index (χ0) is 16.8. The fourth-order valence-corrected chi connectivity index (χ4v) is 3.36. The molecule has 5 heteroatoms. The number of hydrogen-bond acceptors (Lipinski definition) is 2. The number of nitrogens with zero attached hydrogens (tertiary/aromatic N) is 3. The third-order valence-electron chi connectivity index (χ3n) is 4.70. The van der Waals surface area contributed by atoms with Crippen LogP contribution in [-0.4, -0.2) is 41.2 Å². The minimum Gasteiger partial charge on any atom is -0.303 e. The zero-order valence-corrected chi connectivity index (χ0v) is 15.3. The number of halogens is 1. The first-order valence-electron chi connectivity index (χ1n) is 8.63. The van der Waals surface area contributed by atoms with E-state index in [4.69, 9.17) is 0 Å². The molecular weight excluding hydrogens is 334 g/mol. The molecule has 134 valence electrons. The molecule has 1 aliphatic heterocycles. The second-order valence-electron chi connectivity index (χ2n) is 6.26. The van der Waals surface area contributed by atoms with E-state index < -0.39 is 0 Å². The standard InChI is InChI=1S/C20H25N3O.ClH/c1-2-20(24)23(22-13-6-7-14-22)19-11-16-21(17-12-19)15-10-18-8-4-3-5-9-18;/h2-9,13-14,19H,1,10-12,15-17H2;1H. The van der Waals surface area contributed by atoms with Gasteiger partial charge in [-0.1, -0.05) is 36.9 Å². The van der Waals surface area contributed by atoms with Gasteiger partial charge in [0.15, 0.2) is 0 Å². The van der Waals surface area contributed by atoms with Gasteiger partial charge in [-0.25, -0.2) is 5.01 Å². The molecule has 1 aromatic carbocycles. The molecule has 1 fully saturated rings. The number of likely N-dealkylation sites (tertiary alicyclic amines) is 1. The van der Waals surface area contributed by atoms with Crippen molar-refractivity contribution in [3.63, 3.8) is 0 Å². The van der Waals surface area contributed by atoms with Crippen molar-refractivity contribution in [2.45, 2.75) is 25.3 Å². The number of aromatic nitrogens is 1. The predicted molar refractivity (Wildman–Crippen MR) is 105 cm³/mol. The molecule has 0 N–H and O–H groups in total. The van der Waals surface area contributed by atoms with Crippen LogP contribution >= 0.6 is 12.4 Å². The normalized spacial score (nSPS) is 15.4. The van der Waals surface area contributed by atoms with Gasteiger partial charge in [-0.05, 0) is 43.0 Å². The van der Waals surface area contributed by atoms with Crippen molar-refractivity contribution in [3.8, 4) is 0 Å². The van der Waals surface area contributed by atoms with E-state index in [1.807, 2.05) is 34.2 Å². The molecule has 2 heterocycles. The van der Waals surface area contributed by atoms with Crippen molar-refractivity contribution in [1.82, 2.24) is 9.58 Å². The minimum atomic E-state index is -0.0334. The lowest BCUT2D eigenvalue weighted by atomic mass is 10.0. The number of carbonyl (C=O) groups excluding carboxylic acids is 1. The molecule has 0 spiro atoms. The summed E-state index contributed by atoms with van der Waals surface area (Å²) in [5.41, 5.74) is 1.38. The Morgan fingerprint density at radius 2 is 1.76 bits per heavy atom. The summed E-state index contributed by atoms with van der Waals surface area (Å²) in [6.45, 7) is 6.78. The van der Waals surface area contributed by atoms with Crippen LogP contribution in [0.5, 0.6) is 0 Å². The van der Waals surface area contributed by atoms with Crippen LogP contribution in [-0.2, 0) is 11.2 Å². The van der Waals surface area contributed by atoms with Gasteiger partial charge in [-0.2, -0.15) is 0 Å². The van der Waals surface area contributed by atoms with Crippen LogP contribution in [0.1, 0.15) is 18.4 Å². The van der Waals surface area contributed by atoms with Gasteiger partial charge in [0.1, 0.15) is 0 Å². The quantitative estimate of drug-likeness (QED) is 0.740. The van der Waals surface area contributed by atoms with Gasteiger partial charge < -0.3 is 4.90 Å². The third kappa shape index (κ3) is 4.97. The van der Waals surface area contributed by atoms with Crippen LogP contribution in [0, 0.1) is 0 Å². The highest BCUT2D eigenvalue weighted by Gasteiger charge is 2.27. The van der Waals surface area contributed by atoms with Crippen LogP contribution in [0.3, 0.4) is 0 Å². The lowest BCUT2D eigenvalue weighted by Crippen LogP contribution is -2.52. The fourth-order valence-electron chi connectivity index (χ4n) is 3.36. The van der Waals surface area contributed by atoms with Crippen LogP contribution in [0.25, 0.3) is 0 Å². The Balaban J connectivity index is 0.00000225. The van der Waals surface area contributed by atoms with Gasteiger partial charge in [-0.3, -0.25) is 9.47 Å². The summed E-state index contributed by atoms with van der Waals surface area (Å²) < 4.78 is 1.88. The first-order valence-corrected chi connectivity index (χ1v) is 8.63. The van der Waals surface area contributed by atoms with E-state index >= 15 is 0 Å². The van der Waals surface area contributed by atoms with E-state index in [-0.39, 0.29) is 24.4 Å². The van der Waals surface area contributed by atoms with Crippen LogP contribution < -0.4 is 5.01 Å². The summed E-state index contributed by atoms with van der Waals surface area (Å²) in [4.78, 5) is 14.8. The molecule has 2 aromatic rings. The summed E-state index contributed by atoms with van der Waals surface area (Å²) in [6, 6.07) is 14.7. The number of hydrogen-bond donors (Lipinski definition) is 0. The Hall–Kier alpha value is -2.04. The summed E-state index contributed by atoms with van der Waals surface area (Å²) in [6.07, 6.45) is 8.31. The molecular formula is C20H26ClN3O. The van der Waals surface area contributed by atoms with Crippen LogP contribution in [0.4, 0.5) is 0 Å². The van der Waals surface area contributed by atoms with Crippen molar-refractivity contribution < 1.29 is 4.79 Å². The molecule has 0 radical (unpaired) electrons. The minimum absolute atomic E-state index is 0. The first-order chi connectivity index (χ1) is 11.8. The highest BCUT2D eigenvalue weighted by atomic mass is 35.5. The Labute approximate surface area is 156 Å². The van der Waals surface area contributed by atoms with Gasteiger partial charge in [-0.15, -0.1) is 12.4 Å².